The van der Waals surface area contributed by atoms with Gasteiger partial charge in [-0.2, -0.15) is 5.10 Å². The molecule has 3 N–H and O–H groups in total. The summed E-state index contributed by atoms with van der Waals surface area (Å²) in [6.07, 6.45) is 1.45. The van der Waals surface area contributed by atoms with Gasteiger partial charge in [-0.05, 0) is 83.6 Å². The molecule has 0 aliphatic carbocycles. The first-order valence-corrected chi connectivity index (χ1v) is 10.9. The average molecular weight is 559 g/mol. The maximum absolute atomic E-state index is 12.2. The maximum Gasteiger partial charge on any atom is 0.271 e. The number of amides is 2. The van der Waals surface area contributed by atoms with Crippen molar-refractivity contribution in [3.05, 3.63) is 80.9 Å². The highest BCUT2D eigenvalue weighted by molar-refractivity contribution is 14.1. The minimum Gasteiger partial charge on any atom is -0.507 e. The molecule has 0 unspecified atom stereocenters. The standard InChI is InChI=1S/C24H22IN3O5/c1-15-3-7-18(8-4-15)27-23(30)14-33-21-10-5-16(11-22(21)32-2)13-26-28-24(31)17-6-9-19(25)20(29)12-17/h3-13,29H,14H2,1-2H3,(H,27,30)(H,28,31)/b26-13+. The van der Waals surface area contributed by atoms with Crippen LogP contribution in [0.5, 0.6) is 17.2 Å². The summed E-state index contributed by atoms with van der Waals surface area (Å²) >= 11 is 1.97. The number of carbonyl (C=O) groups is 2. The second-order valence-electron chi connectivity index (χ2n) is 6.98. The van der Waals surface area contributed by atoms with Gasteiger partial charge in [0.1, 0.15) is 5.75 Å². The second-order valence-corrected chi connectivity index (χ2v) is 8.14. The van der Waals surface area contributed by atoms with Crippen molar-refractivity contribution in [1.82, 2.24) is 5.43 Å². The lowest BCUT2D eigenvalue weighted by Crippen LogP contribution is -2.20. The van der Waals surface area contributed by atoms with Crippen molar-refractivity contribution in [2.45, 2.75) is 6.92 Å². The maximum atomic E-state index is 12.2. The second kappa shape index (κ2) is 11.3. The summed E-state index contributed by atoms with van der Waals surface area (Å²) in [7, 11) is 1.49. The number of anilines is 1. The molecule has 0 aliphatic rings. The highest BCUT2D eigenvalue weighted by atomic mass is 127. The summed E-state index contributed by atoms with van der Waals surface area (Å²) < 4.78 is 11.6. The highest BCUT2D eigenvalue weighted by Crippen LogP contribution is 2.27. The number of ether oxygens (including phenoxy) is 2. The number of hydrogen-bond donors (Lipinski definition) is 3. The van der Waals surface area contributed by atoms with Gasteiger partial charge in [-0.3, -0.25) is 9.59 Å². The number of methoxy groups -OCH3 is 1. The van der Waals surface area contributed by atoms with Crippen LogP contribution in [0.15, 0.2) is 65.8 Å². The molecule has 3 aromatic rings. The average Bonchev–Trinajstić information content (AvgIpc) is 2.81. The third-order valence-corrected chi connectivity index (χ3v) is 5.38. The van der Waals surface area contributed by atoms with Gasteiger partial charge in [-0.15, -0.1) is 0 Å². The van der Waals surface area contributed by atoms with Gasteiger partial charge in [0.15, 0.2) is 18.1 Å². The Bertz CT molecular complexity index is 1180. The summed E-state index contributed by atoms with van der Waals surface area (Å²) in [5.41, 5.74) is 5.13. The summed E-state index contributed by atoms with van der Waals surface area (Å²) in [5, 5.41) is 16.4. The number of phenolic OH excluding ortho intramolecular Hbond substituents is 1. The van der Waals surface area contributed by atoms with Crippen LogP contribution in [0.25, 0.3) is 0 Å². The molecule has 2 amide bonds. The van der Waals surface area contributed by atoms with Crippen LogP contribution in [-0.4, -0.2) is 36.9 Å². The van der Waals surface area contributed by atoms with Gasteiger partial charge < -0.3 is 19.9 Å². The minimum atomic E-state index is -0.454. The molecule has 3 aromatic carbocycles. The Morgan fingerprint density at radius 2 is 1.82 bits per heavy atom. The molecule has 0 heterocycles. The van der Waals surface area contributed by atoms with Crippen LogP contribution in [-0.2, 0) is 4.79 Å². The molecule has 8 nitrogen and oxygen atoms in total. The zero-order valence-corrected chi connectivity index (χ0v) is 20.1. The van der Waals surface area contributed by atoms with Gasteiger partial charge in [0.05, 0.1) is 16.9 Å². The number of halogens is 1. The Morgan fingerprint density at radius 3 is 2.52 bits per heavy atom. The number of nitrogens with zero attached hydrogens (tertiary/aromatic N) is 1. The van der Waals surface area contributed by atoms with Crippen molar-refractivity contribution in [3.63, 3.8) is 0 Å². The quantitative estimate of drug-likeness (QED) is 0.219. The van der Waals surface area contributed by atoms with E-state index in [1.807, 2.05) is 53.8 Å². The van der Waals surface area contributed by atoms with Crippen LogP contribution in [0.2, 0.25) is 0 Å². The van der Waals surface area contributed by atoms with Crippen LogP contribution in [0, 0.1) is 10.5 Å². The number of aromatic hydroxyl groups is 1. The molecule has 0 spiro atoms. The van der Waals surface area contributed by atoms with Crippen molar-refractivity contribution < 1.29 is 24.2 Å². The third kappa shape index (κ3) is 6.94. The fourth-order valence-electron chi connectivity index (χ4n) is 2.74. The molecule has 170 valence electrons. The van der Waals surface area contributed by atoms with Crippen LogP contribution in [0.1, 0.15) is 21.5 Å². The summed E-state index contributed by atoms with van der Waals surface area (Å²) in [5.74, 6) is 0.0866. The van der Waals surface area contributed by atoms with E-state index in [1.54, 1.807) is 30.3 Å². The van der Waals surface area contributed by atoms with E-state index in [0.29, 0.717) is 26.3 Å². The third-order valence-electron chi connectivity index (χ3n) is 4.47. The van der Waals surface area contributed by atoms with Crippen molar-refractivity contribution >= 4 is 46.3 Å². The van der Waals surface area contributed by atoms with Gasteiger partial charge in [-0.1, -0.05) is 17.7 Å². The number of benzene rings is 3. The molecule has 0 aromatic heterocycles. The molecule has 0 fully saturated rings. The minimum absolute atomic E-state index is 0.0279. The Morgan fingerprint density at radius 1 is 1.06 bits per heavy atom. The van der Waals surface area contributed by atoms with E-state index in [0.717, 1.165) is 5.56 Å². The molecule has 3 rings (SSSR count). The zero-order valence-electron chi connectivity index (χ0n) is 18.0. The van der Waals surface area contributed by atoms with E-state index >= 15 is 0 Å². The van der Waals surface area contributed by atoms with Gasteiger partial charge >= 0.3 is 0 Å². The van der Waals surface area contributed by atoms with Crippen LogP contribution >= 0.6 is 22.6 Å². The molecule has 0 bridgehead atoms. The molecule has 33 heavy (non-hydrogen) atoms. The molecule has 9 heteroatoms. The first-order chi connectivity index (χ1) is 15.9. The molecular formula is C24H22IN3O5. The molecule has 0 radical (unpaired) electrons. The lowest BCUT2D eigenvalue weighted by molar-refractivity contribution is -0.118. The SMILES string of the molecule is COc1cc(/C=N/NC(=O)c2ccc(I)c(O)c2)ccc1OCC(=O)Nc1ccc(C)cc1. The van der Waals surface area contributed by atoms with E-state index in [2.05, 4.69) is 15.8 Å². The van der Waals surface area contributed by atoms with E-state index in [4.69, 9.17) is 9.47 Å². The fourth-order valence-corrected chi connectivity index (χ4v) is 3.08. The van der Waals surface area contributed by atoms with Gasteiger partial charge in [0.25, 0.3) is 11.8 Å². The van der Waals surface area contributed by atoms with Crippen LogP contribution in [0.4, 0.5) is 5.69 Å². The molecular weight excluding hydrogens is 537 g/mol. The van der Waals surface area contributed by atoms with Crippen molar-refractivity contribution in [2.75, 3.05) is 19.0 Å². The van der Waals surface area contributed by atoms with Gasteiger partial charge in [0, 0.05) is 11.3 Å². The summed E-state index contributed by atoms with van der Waals surface area (Å²) in [6, 6.07) is 17.1. The molecule has 0 saturated heterocycles. The smallest absolute Gasteiger partial charge is 0.271 e. The summed E-state index contributed by atoms with van der Waals surface area (Å²) in [6.45, 7) is 1.79. The van der Waals surface area contributed by atoms with E-state index < -0.39 is 5.91 Å². The lowest BCUT2D eigenvalue weighted by Gasteiger charge is -2.11. The van der Waals surface area contributed by atoms with Crippen molar-refractivity contribution in [2.24, 2.45) is 5.10 Å². The number of rotatable bonds is 8. The van der Waals surface area contributed by atoms with E-state index in [-0.39, 0.29) is 23.8 Å². The molecule has 0 saturated carbocycles. The number of phenols is 1. The Labute approximate surface area is 204 Å². The van der Waals surface area contributed by atoms with Gasteiger partial charge in [-0.25, -0.2) is 5.43 Å². The Balaban J connectivity index is 1.57. The van der Waals surface area contributed by atoms with Crippen LogP contribution in [0.3, 0.4) is 0 Å². The van der Waals surface area contributed by atoms with E-state index in [1.165, 1.54) is 19.4 Å². The zero-order chi connectivity index (χ0) is 23.8. The monoisotopic (exact) mass is 559 g/mol. The lowest BCUT2D eigenvalue weighted by atomic mass is 10.2. The highest BCUT2D eigenvalue weighted by Gasteiger charge is 2.10. The topological polar surface area (TPSA) is 109 Å². The van der Waals surface area contributed by atoms with Crippen molar-refractivity contribution in [3.8, 4) is 17.2 Å². The predicted molar refractivity (Wildman–Crippen MR) is 134 cm³/mol. The summed E-state index contributed by atoms with van der Waals surface area (Å²) in [4.78, 5) is 24.3. The largest absolute Gasteiger partial charge is 0.507 e. The van der Waals surface area contributed by atoms with Gasteiger partial charge in [0.2, 0.25) is 0 Å². The number of aryl methyl sites for hydroxylation is 1. The van der Waals surface area contributed by atoms with Crippen LogP contribution < -0.4 is 20.2 Å². The van der Waals surface area contributed by atoms with E-state index in [9.17, 15) is 14.7 Å². The number of carbonyl (C=O) groups excluding carboxylic acids is 2. The molecule has 0 aliphatic heterocycles. The number of nitrogens with one attached hydrogen (secondary N) is 2. The Kier molecular flexibility index (Phi) is 8.25. The number of hydrazone groups is 1. The first kappa shape index (κ1) is 24.1. The molecule has 0 atom stereocenters. The fraction of sp³-hybridized carbons (Fsp3) is 0.125. The Hall–Kier alpha value is -3.60. The number of hydrogen-bond acceptors (Lipinski definition) is 6. The first-order valence-electron chi connectivity index (χ1n) is 9.85. The predicted octanol–water partition coefficient (Wildman–Crippen LogP) is 4.10. The normalized spacial score (nSPS) is 10.6. The van der Waals surface area contributed by atoms with Crippen molar-refractivity contribution in [1.29, 1.82) is 0 Å².